The lowest BCUT2D eigenvalue weighted by Gasteiger charge is -2.37. The number of hydrogen-bond acceptors (Lipinski definition) is 4. The van der Waals surface area contributed by atoms with Gasteiger partial charge in [-0.2, -0.15) is 0 Å². The van der Waals surface area contributed by atoms with E-state index in [0.29, 0.717) is 17.6 Å². The first-order valence-electron chi connectivity index (χ1n) is 12.0. The molecule has 0 radical (unpaired) electrons. The van der Waals surface area contributed by atoms with E-state index in [9.17, 15) is 14.4 Å². The molecular weight excluding hydrogens is 414 g/mol. The topological polar surface area (TPSA) is 63.7 Å². The van der Waals surface area contributed by atoms with Gasteiger partial charge >= 0.3 is 5.97 Å². The number of hydrogen-bond donors (Lipinski definition) is 0. The van der Waals surface area contributed by atoms with E-state index >= 15 is 0 Å². The van der Waals surface area contributed by atoms with Crippen LogP contribution in [0.15, 0.2) is 66.7 Å². The van der Waals surface area contributed by atoms with E-state index in [1.807, 2.05) is 42.5 Å². The zero-order chi connectivity index (χ0) is 22.7. The Kier molecular flexibility index (Phi) is 4.75. The molecule has 2 aromatic rings. The minimum absolute atomic E-state index is 0.126. The van der Waals surface area contributed by atoms with E-state index in [4.69, 9.17) is 4.74 Å². The van der Waals surface area contributed by atoms with Crippen molar-refractivity contribution in [3.63, 3.8) is 0 Å². The molecule has 168 valence electrons. The molecule has 1 aliphatic heterocycles. The molecule has 7 rings (SSSR count). The molecule has 5 aliphatic rings. The van der Waals surface area contributed by atoms with E-state index in [0.717, 1.165) is 24.0 Å². The quantitative estimate of drug-likeness (QED) is 0.296. The molecule has 33 heavy (non-hydrogen) atoms. The van der Waals surface area contributed by atoms with Crippen molar-refractivity contribution in [2.75, 3.05) is 0 Å². The number of likely N-dealkylation sites (tertiary alicyclic amines) is 1. The van der Waals surface area contributed by atoms with E-state index in [2.05, 4.69) is 19.1 Å². The number of benzene rings is 2. The zero-order valence-electron chi connectivity index (χ0n) is 18.6. The predicted molar refractivity (Wildman–Crippen MR) is 122 cm³/mol. The van der Waals surface area contributed by atoms with Crippen molar-refractivity contribution in [2.45, 2.75) is 32.2 Å². The molecule has 7 atom stereocenters. The van der Waals surface area contributed by atoms with Crippen molar-refractivity contribution < 1.29 is 19.1 Å². The summed E-state index contributed by atoms with van der Waals surface area (Å²) in [6, 6.07) is 15.9. The smallest absolute Gasteiger partial charge is 0.335 e. The number of imide groups is 1. The van der Waals surface area contributed by atoms with Gasteiger partial charge in [0.25, 0.3) is 0 Å². The molecule has 5 heteroatoms. The summed E-state index contributed by atoms with van der Waals surface area (Å²) in [5.41, 5.74) is 2.03. The highest BCUT2D eigenvalue weighted by molar-refractivity contribution is 6.09. The third-order valence-corrected chi connectivity index (χ3v) is 8.10. The van der Waals surface area contributed by atoms with Crippen molar-refractivity contribution >= 4 is 17.8 Å². The lowest BCUT2D eigenvalue weighted by Crippen LogP contribution is -2.48. The summed E-state index contributed by atoms with van der Waals surface area (Å²) in [6.45, 7) is 2.06. The van der Waals surface area contributed by atoms with Crippen LogP contribution in [0, 0.1) is 35.5 Å². The maximum Gasteiger partial charge on any atom is 0.335 e. The van der Waals surface area contributed by atoms with Gasteiger partial charge in [-0.1, -0.05) is 61.5 Å². The van der Waals surface area contributed by atoms with E-state index in [1.54, 1.807) is 12.1 Å². The van der Waals surface area contributed by atoms with Gasteiger partial charge in [-0.25, -0.2) is 4.79 Å². The molecule has 4 aliphatic carbocycles. The molecule has 2 bridgehead atoms. The molecule has 0 spiro atoms. The number of nitrogens with zero attached hydrogens (tertiary/aromatic N) is 1. The van der Waals surface area contributed by atoms with Crippen LogP contribution in [-0.2, 0) is 27.2 Å². The minimum Gasteiger partial charge on any atom is -0.425 e. The molecule has 3 fully saturated rings. The Labute approximate surface area is 193 Å². The van der Waals surface area contributed by atoms with Crippen LogP contribution in [0.5, 0.6) is 5.75 Å². The summed E-state index contributed by atoms with van der Waals surface area (Å²) >= 11 is 0. The van der Waals surface area contributed by atoms with Gasteiger partial charge in [0.05, 0.1) is 11.8 Å². The Balaban J connectivity index is 1.31. The van der Waals surface area contributed by atoms with Crippen LogP contribution >= 0.6 is 0 Å². The van der Waals surface area contributed by atoms with E-state index in [1.165, 1.54) is 4.90 Å². The highest BCUT2D eigenvalue weighted by Gasteiger charge is 2.68. The average molecular weight is 442 g/mol. The first-order valence-corrected chi connectivity index (χ1v) is 12.0. The number of allylic oxidation sites excluding steroid dienone is 2. The second kappa shape index (κ2) is 7.68. The molecule has 5 nitrogen and oxygen atoms in total. The van der Waals surface area contributed by atoms with Crippen LogP contribution in [0.1, 0.15) is 24.5 Å². The Morgan fingerprint density at radius 3 is 2.09 bits per heavy atom. The molecule has 0 unspecified atom stereocenters. The molecule has 2 amide bonds. The summed E-state index contributed by atoms with van der Waals surface area (Å²) < 4.78 is 5.71. The van der Waals surface area contributed by atoms with Gasteiger partial charge in [0.1, 0.15) is 11.8 Å². The molecular formula is C28H27NO4. The fourth-order valence-corrected chi connectivity index (χ4v) is 6.38. The highest BCUT2D eigenvalue weighted by Crippen LogP contribution is 2.65. The zero-order valence-corrected chi connectivity index (χ0v) is 18.6. The summed E-state index contributed by atoms with van der Waals surface area (Å²) in [5, 5.41) is 0. The Bertz CT molecular complexity index is 1100. The van der Waals surface area contributed by atoms with Crippen molar-refractivity contribution in [1.29, 1.82) is 0 Å². The van der Waals surface area contributed by atoms with Crippen LogP contribution in [0.2, 0.25) is 0 Å². The average Bonchev–Trinajstić information content (AvgIpc) is 3.62. The Hall–Kier alpha value is -3.21. The third kappa shape index (κ3) is 3.25. The largest absolute Gasteiger partial charge is 0.425 e. The number of esters is 1. The van der Waals surface area contributed by atoms with Gasteiger partial charge in [0, 0.05) is 6.42 Å². The molecule has 1 heterocycles. The maximum atomic E-state index is 13.6. The third-order valence-electron chi connectivity index (χ3n) is 8.10. The fraction of sp³-hybridized carbons (Fsp3) is 0.393. The van der Waals surface area contributed by atoms with Crippen LogP contribution in [0.4, 0.5) is 0 Å². The lowest BCUT2D eigenvalue weighted by atomic mass is 9.63. The molecule has 2 aromatic carbocycles. The number of rotatable bonds is 6. The van der Waals surface area contributed by atoms with Crippen LogP contribution in [-0.4, -0.2) is 28.7 Å². The SMILES string of the molecule is CCc1ccc(OC(=O)[C@H](Cc2ccccc2)N2C(=O)[C@@H]3[C@@H]4C=C[C@H]([C@H]5C[C@H]45)[C@@H]3C2=O)cc1. The predicted octanol–water partition coefficient (Wildman–Crippen LogP) is 3.82. The number of carbonyl (C=O) groups excluding carboxylic acids is 3. The number of amides is 2. The van der Waals surface area contributed by atoms with Crippen molar-refractivity contribution in [3.05, 3.63) is 77.9 Å². The summed E-state index contributed by atoms with van der Waals surface area (Å²) in [4.78, 5) is 42.0. The van der Waals surface area contributed by atoms with Crippen LogP contribution in [0.3, 0.4) is 0 Å². The lowest BCUT2D eigenvalue weighted by molar-refractivity contribution is -0.153. The maximum absolute atomic E-state index is 13.6. The number of aryl methyl sites for hydroxylation is 1. The van der Waals surface area contributed by atoms with Crippen LogP contribution < -0.4 is 4.74 Å². The number of carbonyl (C=O) groups is 3. The second-order valence-corrected chi connectivity index (χ2v) is 9.83. The Morgan fingerprint density at radius 2 is 1.52 bits per heavy atom. The second-order valence-electron chi connectivity index (χ2n) is 9.83. The van der Waals surface area contributed by atoms with Gasteiger partial charge in [0.2, 0.25) is 11.8 Å². The monoisotopic (exact) mass is 441 g/mol. The fourth-order valence-electron chi connectivity index (χ4n) is 6.38. The first-order chi connectivity index (χ1) is 16.1. The van der Waals surface area contributed by atoms with Gasteiger partial charge in [0.15, 0.2) is 0 Å². The van der Waals surface area contributed by atoms with Crippen molar-refractivity contribution in [2.24, 2.45) is 35.5 Å². The molecule has 1 saturated heterocycles. The summed E-state index contributed by atoms with van der Waals surface area (Å²) in [7, 11) is 0. The normalized spacial score (nSPS) is 31.8. The van der Waals surface area contributed by atoms with Crippen molar-refractivity contribution in [3.8, 4) is 5.75 Å². The van der Waals surface area contributed by atoms with E-state index < -0.39 is 12.0 Å². The molecule has 2 saturated carbocycles. The van der Waals surface area contributed by atoms with E-state index in [-0.39, 0.29) is 41.9 Å². The first kappa shape index (κ1) is 20.4. The van der Waals surface area contributed by atoms with Gasteiger partial charge in [-0.05, 0) is 59.8 Å². The molecule has 0 aromatic heterocycles. The van der Waals surface area contributed by atoms with Gasteiger partial charge in [-0.3, -0.25) is 14.5 Å². The van der Waals surface area contributed by atoms with Gasteiger partial charge < -0.3 is 4.74 Å². The summed E-state index contributed by atoms with van der Waals surface area (Å²) in [5.74, 6) is 0.107. The van der Waals surface area contributed by atoms with Gasteiger partial charge in [-0.15, -0.1) is 0 Å². The molecule has 0 N–H and O–H groups in total. The Morgan fingerprint density at radius 1 is 0.909 bits per heavy atom. The highest BCUT2D eigenvalue weighted by atomic mass is 16.5. The summed E-state index contributed by atoms with van der Waals surface area (Å²) in [6.07, 6.45) is 6.55. The van der Waals surface area contributed by atoms with Crippen molar-refractivity contribution in [1.82, 2.24) is 4.90 Å². The standard InChI is InChI=1S/C28H27NO4/c1-2-16-8-10-18(11-9-16)33-28(32)23(14-17-6-4-3-5-7-17)29-26(30)24-19-12-13-20(22-15-21(19)22)25(24)27(29)31/h3-13,19-25H,2,14-15H2,1H3/t19-,20-,21-,22-,23+,24-,25+/m1/s1. The minimum atomic E-state index is -0.973. The van der Waals surface area contributed by atoms with Crippen LogP contribution in [0.25, 0.3) is 0 Å². The number of ether oxygens (including phenoxy) is 1.